The molecule has 88 valence electrons. The summed E-state index contributed by atoms with van der Waals surface area (Å²) in [5.74, 6) is -0.104. The Hall–Kier alpha value is -0.330. The van der Waals surface area contributed by atoms with Crippen LogP contribution in [0.5, 0.6) is 0 Å². The molecule has 3 N–H and O–H groups in total. The van der Waals surface area contributed by atoms with Gasteiger partial charge in [0.05, 0.1) is 5.56 Å². The number of carbonyl (C=O) groups is 1. The summed E-state index contributed by atoms with van der Waals surface area (Å²) < 4.78 is 0.889. The van der Waals surface area contributed by atoms with Gasteiger partial charge in [-0.3, -0.25) is 4.79 Å². The fourth-order valence-electron chi connectivity index (χ4n) is 1.18. The number of amides is 1. The van der Waals surface area contributed by atoms with Gasteiger partial charge < -0.3 is 11.1 Å². The summed E-state index contributed by atoms with van der Waals surface area (Å²) >= 11 is 7.96. The minimum atomic E-state index is -0.104. The van der Waals surface area contributed by atoms with Crippen molar-refractivity contribution < 1.29 is 4.79 Å². The van der Waals surface area contributed by atoms with Gasteiger partial charge in [0, 0.05) is 21.2 Å². The van der Waals surface area contributed by atoms with Crippen molar-refractivity contribution in [3.05, 3.63) is 32.4 Å². The van der Waals surface area contributed by atoms with Gasteiger partial charge in [-0.2, -0.15) is 0 Å². The van der Waals surface area contributed by atoms with E-state index in [1.165, 1.54) is 0 Å². The molecule has 1 unspecified atom stereocenters. The average molecular weight is 353 g/mol. The highest BCUT2D eigenvalue weighted by Crippen LogP contribution is 2.17. The maximum absolute atomic E-state index is 11.8. The highest BCUT2D eigenvalue weighted by Gasteiger charge is 2.09. The lowest BCUT2D eigenvalue weighted by Gasteiger charge is -2.08. The smallest absolute Gasteiger partial charge is 0.252 e. The lowest BCUT2D eigenvalue weighted by molar-refractivity contribution is 0.0952. The van der Waals surface area contributed by atoms with Crippen LogP contribution in [-0.4, -0.2) is 18.5 Å². The van der Waals surface area contributed by atoms with Gasteiger partial charge >= 0.3 is 0 Å². The molecule has 3 nitrogen and oxygen atoms in total. The molecule has 1 aromatic rings. The number of rotatable bonds is 4. The SMILES string of the molecule is CC(N)CCNC(=O)c1cc(Cl)ccc1I. The van der Waals surface area contributed by atoms with Crippen molar-refractivity contribution in [3.63, 3.8) is 0 Å². The first kappa shape index (κ1) is 13.7. The van der Waals surface area contributed by atoms with Crippen molar-refractivity contribution >= 4 is 40.1 Å². The fourth-order valence-corrected chi connectivity index (χ4v) is 1.93. The minimum Gasteiger partial charge on any atom is -0.352 e. The molecule has 0 saturated heterocycles. The molecule has 0 fully saturated rings. The molecule has 0 heterocycles. The van der Waals surface area contributed by atoms with E-state index < -0.39 is 0 Å². The van der Waals surface area contributed by atoms with Crippen LogP contribution in [0.25, 0.3) is 0 Å². The van der Waals surface area contributed by atoms with Crippen molar-refractivity contribution in [2.45, 2.75) is 19.4 Å². The van der Waals surface area contributed by atoms with Crippen molar-refractivity contribution in [1.82, 2.24) is 5.32 Å². The Labute approximate surface area is 114 Å². The topological polar surface area (TPSA) is 55.1 Å². The first-order valence-electron chi connectivity index (χ1n) is 4.99. The van der Waals surface area contributed by atoms with Gasteiger partial charge in [0.15, 0.2) is 0 Å². The Balaban J connectivity index is 2.62. The maximum atomic E-state index is 11.8. The van der Waals surface area contributed by atoms with E-state index >= 15 is 0 Å². The van der Waals surface area contributed by atoms with Crippen molar-refractivity contribution in [3.8, 4) is 0 Å². The molecule has 5 heteroatoms. The van der Waals surface area contributed by atoms with Crippen LogP contribution in [0.2, 0.25) is 5.02 Å². The summed E-state index contributed by atoms with van der Waals surface area (Å²) in [4.78, 5) is 11.8. The van der Waals surface area contributed by atoms with E-state index in [-0.39, 0.29) is 11.9 Å². The molecular formula is C11H14ClIN2O. The highest BCUT2D eigenvalue weighted by atomic mass is 127. The largest absolute Gasteiger partial charge is 0.352 e. The predicted molar refractivity (Wildman–Crippen MR) is 74.8 cm³/mol. The number of carbonyl (C=O) groups excluding carboxylic acids is 1. The minimum absolute atomic E-state index is 0.0960. The maximum Gasteiger partial charge on any atom is 0.252 e. The molecule has 1 aromatic carbocycles. The van der Waals surface area contributed by atoms with E-state index in [1.807, 2.05) is 13.0 Å². The van der Waals surface area contributed by atoms with E-state index in [1.54, 1.807) is 12.1 Å². The van der Waals surface area contributed by atoms with Crippen LogP contribution >= 0.6 is 34.2 Å². The van der Waals surface area contributed by atoms with E-state index in [2.05, 4.69) is 27.9 Å². The number of nitrogens with two attached hydrogens (primary N) is 1. The van der Waals surface area contributed by atoms with Crippen molar-refractivity contribution in [1.29, 1.82) is 0 Å². The van der Waals surface area contributed by atoms with E-state index in [4.69, 9.17) is 17.3 Å². The molecule has 0 bridgehead atoms. The molecule has 0 aromatic heterocycles. The normalized spacial score (nSPS) is 12.2. The van der Waals surface area contributed by atoms with Gasteiger partial charge in [0.2, 0.25) is 0 Å². The third-order valence-corrected chi connectivity index (χ3v) is 3.23. The predicted octanol–water partition coefficient (Wildman–Crippen LogP) is 2.41. The Kier molecular flexibility index (Phi) is 5.51. The quantitative estimate of drug-likeness (QED) is 0.818. The molecule has 0 saturated carbocycles. The first-order valence-corrected chi connectivity index (χ1v) is 6.45. The van der Waals surface area contributed by atoms with Crippen LogP contribution < -0.4 is 11.1 Å². The molecular weight excluding hydrogens is 338 g/mol. The molecule has 16 heavy (non-hydrogen) atoms. The number of nitrogens with one attached hydrogen (secondary N) is 1. The summed E-state index contributed by atoms with van der Waals surface area (Å²) in [7, 11) is 0. The molecule has 0 radical (unpaired) electrons. The van der Waals surface area contributed by atoms with Gasteiger partial charge in [0.1, 0.15) is 0 Å². The Bertz CT molecular complexity index is 382. The van der Waals surface area contributed by atoms with Gasteiger partial charge in [-0.25, -0.2) is 0 Å². The van der Waals surface area contributed by atoms with E-state index in [9.17, 15) is 4.79 Å². The third-order valence-electron chi connectivity index (χ3n) is 2.06. The molecule has 0 aliphatic heterocycles. The number of halogens is 2. The summed E-state index contributed by atoms with van der Waals surface area (Å²) in [6, 6.07) is 5.36. The molecule has 1 amide bonds. The zero-order valence-corrected chi connectivity index (χ0v) is 11.9. The second kappa shape index (κ2) is 6.42. The average Bonchev–Trinajstić information content (AvgIpc) is 2.21. The standard InChI is InChI=1S/C11H14ClIN2O/c1-7(14)4-5-15-11(16)9-6-8(12)2-3-10(9)13/h2-3,6-7H,4-5,14H2,1H3,(H,15,16). The number of benzene rings is 1. The van der Waals surface area contributed by atoms with E-state index in [0.29, 0.717) is 17.1 Å². The summed E-state index contributed by atoms with van der Waals surface area (Å²) in [6.07, 6.45) is 0.767. The molecule has 0 aliphatic rings. The second-order valence-electron chi connectivity index (χ2n) is 3.65. The van der Waals surface area contributed by atoms with Crippen LogP contribution in [0, 0.1) is 3.57 Å². The van der Waals surface area contributed by atoms with Crippen LogP contribution in [-0.2, 0) is 0 Å². The Morgan fingerprint density at radius 2 is 2.31 bits per heavy atom. The summed E-state index contributed by atoms with van der Waals surface area (Å²) in [5, 5.41) is 3.38. The molecule has 1 atom stereocenters. The molecule has 0 spiro atoms. The second-order valence-corrected chi connectivity index (χ2v) is 5.24. The van der Waals surface area contributed by atoms with Gasteiger partial charge in [-0.05, 0) is 54.1 Å². The van der Waals surface area contributed by atoms with Crippen LogP contribution in [0.3, 0.4) is 0 Å². The zero-order chi connectivity index (χ0) is 12.1. The van der Waals surface area contributed by atoms with Crippen LogP contribution in [0.15, 0.2) is 18.2 Å². The summed E-state index contributed by atoms with van der Waals surface area (Å²) in [6.45, 7) is 2.49. The molecule has 0 aliphatic carbocycles. The van der Waals surface area contributed by atoms with Crippen molar-refractivity contribution in [2.24, 2.45) is 5.73 Å². The van der Waals surface area contributed by atoms with E-state index in [0.717, 1.165) is 9.99 Å². The Morgan fingerprint density at radius 1 is 1.62 bits per heavy atom. The fraction of sp³-hybridized carbons (Fsp3) is 0.364. The number of hydrogen-bond acceptors (Lipinski definition) is 2. The number of hydrogen-bond donors (Lipinski definition) is 2. The molecule has 1 rings (SSSR count). The lowest BCUT2D eigenvalue weighted by Crippen LogP contribution is -2.29. The van der Waals surface area contributed by atoms with Gasteiger partial charge in [0.25, 0.3) is 5.91 Å². The first-order chi connectivity index (χ1) is 7.50. The van der Waals surface area contributed by atoms with Crippen LogP contribution in [0.4, 0.5) is 0 Å². The van der Waals surface area contributed by atoms with Crippen LogP contribution in [0.1, 0.15) is 23.7 Å². The Morgan fingerprint density at radius 3 is 2.94 bits per heavy atom. The van der Waals surface area contributed by atoms with Gasteiger partial charge in [-0.1, -0.05) is 11.6 Å². The lowest BCUT2D eigenvalue weighted by atomic mass is 10.2. The third kappa shape index (κ3) is 4.27. The monoisotopic (exact) mass is 352 g/mol. The van der Waals surface area contributed by atoms with Gasteiger partial charge in [-0.15, -0.1) is 0 Å². The van der Waals surface area contributed by atoms with Crippen molar-refractivity contribution in [2.75, 3.05) is 6.54 Å². The highest BCUT2D eigenvalue weighted by molar-refractivity contribution is 14.1. The zero-order valence-electron chi connectivity index (χ0n) is 8.97. The summed E-state index contributed by atoms with van der Waals surface area (Å²) in [5.41, 5.74) is 6.21.